The predicted molar refractivity (Wildman–Crippen MR) is 87.8 cm³/mol. The van der Waals surface area contributed by atoms with E-state index in [1.54, 1.807) is 0 Å². The monoisotopic (exact) mass is 286 g/mol. The number of aliphatic hydroxyl groups is 2. The summed E-state index contributed by atoms with van der Waals surface area (Å²) >= 11 is 0. The Morgan fingerprint density at radius 1 is 0.850 bits per heavy atom. The van der Waals surface area contributed by atoms with Crippen LogP contribution >= 0.6 is 0 Å². The Kier molecular flexibility index (Phi) is 12.6. The van der Waals surface area contributed by atoms with Crippen molar-refractivity contribution in [1.82, 2.24) is 0 Å². The molecule has 0 spiro atoms. The van der Waals surface area contributed by atoms with Gasteiger partial charge in [-0.15, -0.1) is 0 Å². The molecular weight excluding hydrogens is 248 g/mol. The van der Waals surface area contributed by atoms with Crippen LogP contribution in [0.1, 0.15) is 85.5 Å². The molecule has 0 rings (SSSR count). The summed E-state index contributed by atoms with van der Waals surface area (Å²) in [6.45, 7) is 9.14. The molecule has 20 heavy (non-hydrogen) atoms. The Labute approximate surface area is 127 Å². The van der Waals surface area contributed by atoms with Crippen LogP contribution in [-0.2, 0) is 0 Å². The molecule has 0 bridgehead atoms. The summed E-state index contributed by atoms with van der Waals surface area (Å²) < 4.78 is 0. The molecular formula is C18H38O2. The van der Waals surface area contributed by atoms with E-state index in [4.69, 9.17) is 5.11 Å². The summed E-state index contributed by atoms with van der Waals surface area (Å²) in [5.41, 5.74) is 0. The van der Waals surface area contributed by atoms with Crippen molar-refractivity contribution in [2.45, 2.75) is 91.6 Å². The molecule has 0 aromatic heterocycles. The van der Waals surface area contributed by atoms with Gasteiger partial charge in [-0.1, -0.05) is 66.2 Å². The van der Waals surface area contributed by atoms with Gasteiger partial charge in [0.1, 0.15) is 0 Å². The van der Waals surface area contributed by atoms with Crippen LogP contribution in [0.4, 0.5) is 0 Å². The van der Waals surface area contributed by atoms with Gasteiger partial charge in [-0.3, -0.25) is 0 Å². The second-order valence-corrected chi connectivity index (χ2v) is 6.87. The van der Waals surface area contributed by atoms with E-state index in [1.165, 1.54) is 38.5 Å². The minimum Gasteiger partial charge on any atom is -0.396 e. The maximum atomic E-state index is 10.2. The fraction of sp³-hybridized carbons (Fsp3) is 1.00. The fourth-order valence-corrected chi connectivity index (χ4v) is 3.04. The largest absolute Gasteiger partial charge is 0.396 e. The van der Waals surface area contributed by atoms with E-state index in [0.29, 0.717) is 24.4 Å². The van der Waals surface area contributed by atoms with Gasteiger partial charge in [-0.05, 0) is 37.0 Å². The number of hydrogen-bond acceptors (Lipinski definition) is 2. The number of unbranched alkanes of at least 4 members (excludes halogenated alkanes) is 1. The predicted octanol–water partition coefficient (Wildman–Crippen LogP) is 4.78. The van der Waals surface area contributed by atoms with E-state index in [1.807, 2.05) is 0 Å². The molecule has 0 heterocycles. The van der Waals surface area contributed by atoms with E-state index < -0.39 is 0 Å². The van der Waals surface area contributed by atoms with Crippen LogP contribution < -0.4 is 0 Å². The van der Waals surface area contributed by atoms with Gasteiger partial charge in [-0.25, -0.2) is 0 Å². The molecule has 0 radical (unpaired) electrons. The van der Waals surface area contributed by atoms with E-state index in [0.717, 1.165) is 19.3 Å². The lowest BCUT2D eigenvalue weighted by Gasteiger charge is -2.21. The number of rotatable bonds is 13. The standard InChI is InChI=1S/C18H38O2/c1-5-9-17(6-2)13-18(20)12-15(3)10-7-8-11-16(4)14-19/h15-20H,5-14H2,1-4H3. The Balaban J connectivity index is 3.70. The minimum absolute atomic E-state index is 0.113. The van der Waals surface area contributed by atoms with Crippen molar-refractivity contribution in [3.05, 3.63) is 0 Å². The maximum absolute atomic E-state index is 10.2. The van der Waals surface area contributed by atoms with Crippen molar-refractivity contribution in [2.24, 2.45) is 17.8 Å². The molecule has 0 aliphatic carbocycles. The highest BCUT2D eigenvalue weighted by molar-refractivity contribution is 4.67. The molecule has 0 fully saturated rings. The minimum atomic E-state index is -0.113. The van der Waals surface area contributed by atoms with Crippen LogP contribution in [-0.4, -0.2) is 22.9 Å². The molecule has 4 unspecified atom stereocenters. The summed E-state index contributed by atoms with van der Waals surface area (Å²) in [4.78, 5) is 0. The Bertz CT molecular complexity index is 206. The third-order valence-corrected chi connectivity index (χ3v) is 4.51. The SMILES string of the molecule is CCCC(CC)CC(O)CC(C)CCCCC(C)CO. The van der Waals surface area contributed by atoms with Crippen LogP contribution in [0.5, 0.6) is 0 Å². The highest BCUT2D eigenvalue weighted by Crippen LogP contribution is 2.23. The van der Waals surface area contributed by atoms with Gasteiger partial charge in [0.25, 0.3) is 0 Å². The second kappa shape index (κ2) is 12.6. The van der Waals surface area contributed by atoms with Crippen molar-refractivity contribution in [3.63, 3.8) is 0 Å². The molecule has 0 aromatic carbocycles. The summed E-state index contributed by atoms with van der Waals surface area (Å²) in [5, 5.41) is 19.2. The third-order valence-electron chi connectivity index (χ3n) is 4.51. The summed E-state index contributed by atoms with van der Waals surface area (Å²) in [5.74, 6) is 1.76. The van der Waals surface area contributed by atoms with Crippen LogP contribution in [0.2, 0.25) is 0 Å². The first-order valence-corrected chi connectivity index (χ1v) is 8.82. The van der Waals surface area contributed by atoms with Gasteiger partial charge in [0, 0.05) is 6.61 Å². The number of aliphatic hydroxyl groups excluding tert-OH is 2. The van der Waals surface area contributed by atoms with Crippen LogP contribution in [0.3, 0.4) is 0 Å². The lowest BCUT2D eigenvalue weighted by atomic mass is 9.88. The van der Waals surface area contributed by atoms with Gasteiger partial charge in [0.15, 0.2) is 0 Å². The molecule has 2 nitrogen and oxygen atoms in total. The first kappa shape index (κ1) is 19.9. The van der Waals surface area contributed by atoms with Crippen molar-refractivity contribution in [3.8, 4) is 0 Å². The smallest absolute Gasteiger partial charge is 0.0545 e. The summed E-state index contributed by atoms with van der Waals surface area (Å²) in [6, 6.07) is 0. The van der Waals surface area contributed by atoms with Crippen molar-refractivity contribution in [2.75, 3.05) is 6.61 Å². The summed E-state index contributed by atoms with van der Waals surface area (Å²) in [7, 11) is 0. The molecule has 0 aromatic rings. The van der Waals surface area contributed by atoms with Crippen molar-refractivity contribution in [1.29, 1.82) is 0 Å². The van der Waals surface area contributed by atoms with Gasteiger partial charge in [0.2, 0.25) is 0 Å². The number of hydrogen-bond donors (Lipinski definition) is 2. The van der Waals surface area contributed by atoms with Crippen LogP contribution in [0.25, 0.3) is 0 Å². The fourth-order valence-electron chi connectivity index (χ4n) is 3.04. The normalized spacial score (nSPS) is 17.7. The molecule has 0 aliphatic heterocycles. The lowest BCUT2D eigenvalue weighted by molar-refractivity contribution is 0.111. The van der Waals surface area contributed by atoms with Gasteiger partial charge >= 0.3 is 0 Å². The molecule has 0 aliphatic rings. The van der Waals surface area contributed by atoms with E-state index in [2.05, 4.69) is 27.7 Å². The molecule has 2 heteroatoms. The molecule has 0 amide bonds. The average Bonchev–Trinajstić information content (AvgIpc) is 2.42. The zero-order valence-corrected chi connectivity index (χ0v) is 14.3. The second-order valence-electron chi connectivity index (χ2n) is 6.87. The molecule has 2 N–H and O–H groups in total. The zero-order valence-electron chi connectivity index (χ0n) is 14.3. The average molecular weight is 286 g/mol. The summed E-state index contributed by atoms with van der Waals surface area (Å²) in [6.07, 6.45) is 10.3. The maximum Gasteiger partial charge on any atom is 0.0545 e. The lowest BCUT2D eigenvalue weighted by Crippen LogP contribution is -2.16. The zero-order chi connectivity index (χ0) is 15.4. The van der Waals surface area contributed by atoms with E-state index in [-0.39, 0.29) is 6.10 Å². The van der Waals surface area contributed by atoms with Crippen molar-refractivity contribution < 1.29 is 10.2 Å². The van der Waals surface area contributed by atoms with E-state index in [9.17, 15) is 5.11 Å². The molecule has 4 atom stereocenters. The van der Waals surface area contributed by atoms with Gasteiger partial charge in [-0.2, -0.15) is 0 Å². The highest BCUT2D eigenvalue weighted by Gasteiger charge is 2.15. The van der Waals surface area contributed by atoms with Crippen molar-refractivity contribution >= 4 is 0 Å². The van der Waals surface area contributed by atoms with Crippen LogP contribution in [0.15, 0.2) is 0 Å². The first-order chi connectivity index (χ1) is 9.53. The Hall–Kier alpha value is -0.0800. The Morgan fingerprint density at radius 3 is 1.95 bits per heavy atom. The van der Waals surface area contributed by atoms with Crippen LogP contribution in [0, 0.1) is 17.8 Å². The topological polar surface area (TPSA) is 40.5 Å². The quantitative estimate of drug-likeness (QED) is 0.478. The molecule has 122 valence electrons. The highest BCUT2D eigenvalue weighted by atomic mass is 16.3. The molecule has 0 saturated carbocycles. The third kappa shape index (κ3) is 10.7. The van der Waals surface area contributed by atoms with E-state index >= 15 is 0 Å². The van der Waals surface area contributed by atoms with Gasteiger partial charge < -0.3 is 10.2 Å². The molecule has 0 saturated heterocycles. The van der Waals surface area contributed by atoms with Gasteiger partial charge in [0.05, 0.1) is 6.10 Å². The first-order valence-electron chi connectivity index (χ1n) is 8.82. The Morgan fingerprint density at radius 2 is 1.45 bits per heavy atom.